The third-order valence-electron chi connectivity index (χ3n) is 1.76. The second-order valence-electron chi connectivity index (χ2n) is 2.75. The van der Waals surface area contributed by atoms with Crippen molar-refractivity contribution in [1.82, 2.24) is 5.32 Å². The number of carboxylic acid groups (broad SMARTS) is 1. The van der Waals surface area contributed by atoms with Crippen LogP contribution in [0.15, 0.2) is 17.5 Å². The van der Waals surface area contributed by atoms with Crippen LogP contribution in [0.4, 0.5) is 0 Å². The summed E-state index contributed by atoms with van der Waals surface area (Å²) in [6.07, 6.45) is 0.381. The Morgan fingerprint density at radius 3 is 2.79 bits per heavy atom. The first-order valence-corrected chi connectivity index (χ1v) is 5.10. The summed E-state index contributed by atoms with van der Waals surface area (Å²) in [5.41, 5.74) is 0. The number of rotatable bonds is 4. The van der Waals surface area contributed by atoms with Crippen LogP contribution in [0.5, 0.6) is 0 Å². The first-order valence-electron chi connectivity index (χ1n) is 4.22. The second kappa shape index (κ2) is 4.76. The van der Waals surface area contributed by atoms with Crippen LogP contribution in [0.2, 0.25) is 0 Å². The summed E-state index contributed by atoms with van der Waals surface area (Å²) in [5.74, 6) is -1.33. The standard InChI is InChI=1S/C9H11NO3S/c1-2-6(9(12)13)10-8(11)7-4-3-5-14-7/h3-6H,2H2,1H3,(H,10,11)(H,12,13). The summed E-state index contributed by atoms with van der Waals surface area (Å²) in [4.78, 5) is 22.6. The molecule has 1 aromatic heterocycles. The van der Waals surface area contributed by atoms with E-state index < -0.39 is 12.0 Å². The van der Waals surface area contributed by atoms with Crippen molar-refractivity contribution in [3.05, 3.63) is 22.4 Å². The molecule has 1 atom stereocenters. The molecule has 0 aliphatic rings. The Bertz CT molecular complexity index is 321. The molecule has 2 N–H and O–H groups in total. The molecule has 4 nitrogen and oxygen atoms in total. The lowest BCUT2D eigenvalue weighted by Crippen LogP contribution is -2.39. The van der Waals surface area contributed by atoms with Crippen molar-refractivity contribution in [3.63, 3.8) is 0 Å². The number of carbonyl (C=O) groups excluding carboxylic acids is 1. The fraction of sp³-hybridized carbons (Fsp3) is 0.333. The smallest absolute Gasteiger partial charge is 0.326 e. The van der Waals surface area contributed by atoms with Crippen LogP contribution in [0.3, 0.4) is 0 Å². The van der Waals surface area contributed by atoms with Gasteiger partial charge in [-0.3, -0.25) is 4.79 Å². The van der Waals surface area contributed by atoms with E-state index in [9.17, 15) is 9.59 Å². The molecule has 0 saturated heterocycles. The van der Waals surface area contributed by atoms with Crippen LogP contribution >= 0.6 is 11.3 Å². The Balaban J connectivity index is 2.60. The Morgan fingerprint density at radius 1 is 1.64 bits per heavy atom. The van der Waals surface area contributed by atoms with Crippen molar-refractivity contribution in [1.29, 1.82) is 0 Å². The molecule has 1 amide bonds. The number of carboxylic acids is 1. The molecule has 1 rings (SSSR count). The summed E-state index contributed by atoms with van der Waals surface area (Å²) in [7, 11) is 0. The highest BCUT2D eigenvalue weighted by Crippen LogP contribution is 2.08. The Morgan fingerprint density at radius 2 is 2.36 bits per heavy atom. The minimum absolute atomic E-state index is 0.325. The average Bonchev–Trinajstić information content (AvgIpc) is 2.65. The molecule has 0 fully saturated rings. The molecule has 0 radical (unpaired) electrons. The molecule has 0 aliphatic carbocycles. The molecule has 14 heavy (non-hydrogen) atoms. The third kappa shape index (κ3) is 2.56. The first-order chi connectivity index (χ1) is 6.65. The SMILES string of the molecule is CCC(NC(=O)c1cccs1)C(=O)O. The van der Waals surface area contributed by atoms with E-state index in [1.54, 1.807) is 24.4 Å². The van der Waals surface area contributed by atoms with Crippen LogP contribution in [0.25, 0.3) is 0 Å². The zero-order valence-electron chi connectivity index (χ0n) is 7.69. The number of amides is 1. The predicted molar refractivity (Wildman–Crippen MR) is 53.5 cm³/mol. The number of carbonyl (C=O) groups is 2. The van der Waals surface area contributed by atoms with Gasteiger partial charge in [-0.2, -0.15) is 0 Å². The Kier molecular flexibility index (Phi) is 3.64. The molecule has 0 aromatic carbocycles. The van der Waals surface area contributed by atoms with Gasteiger partial charge in [-0.15, -0.1) is 11.3 Å². The van der Waals surface area contributed by atoms with E-state index in [1.165, 1.54) is 11.3 Å². The largest absolute Gasteiger partial charge is 0.480 e. The number of hydrogen-bond acceptors (Lipinski definition) is 3. The van der Waals surface area contributed by atoms with E-state index in [-0.39, 0.29) is 5.91 Å². The van der Waals surface area contributed by atoms with Gasteiger partial charge in [-0.25, -0.2) is 4.79 Å². The van der Waals surface area contributed by atoms with Crippen LogP contribution in [-0.4, -0.2) is 23.0 Å². The topological polar surface area (TPSA) is 66.4 Å². The van der Waals surface area contributed by atoms with E-state index in [0.29, 0.717) is 11.3 Å². The summed E-state index contributed by atoms with van der Waals surface area (Å²) < 4.78 is 0. The van der Waals surface area contributed by atoms with Crippen molar-refractivity contribution in [2.75, 3.05) is 0 Å². The Labute approximate surface area is 85.6 Å². The van der Waals surface area contributed by atoms with Gasteiger partial charge < -0.3 is 10.4 Å². The van der Waals surface area contributed by atoms with E-state index >= 15 is 0 Å². The molecule has 0 bridgehead atoms. The van der Waals surface area contributed by atoms with Gasteiger partial charge in [-0.1, -0.05) is 13.0 Å². The summed E-state index contributed by atoms with van der Waals surface area (Å²) in [5, 5.41) is 12.9. The van der Waals surface area contributed by atoms with E-state index in [2.05, 4.69) is 5.32 Å². The van der Waals surface area contributed by atoms with Crippen LogP contribution in [0.1, 0.15) is 23.0 Å². The third-order valence-corrected chi connectivity index (χ3v) is 2.63. The average molecular weight is 213 g/mol. The second-order valence-corrected chi connectivity index (χ2v) is 3.70. The molecule has 0 spiro atoms. The van der Waals surface area contributed by atoms with Gasteiger partial charge in [-0.05, 0) is 17.9 Å². The van der Waals surface area contributed by atoms with Gasteiger partial charge in [0.1, 0.15) is 6.04 Å². The van der Waals surface area contributed by atoms with Crippen molar-refractivity contribution >= 4 is 23.2 Å². The van der Waals surface area contributed by atoms with Gasteiger partial charge >= 0.3 is 5.97 Å². The molecule has 0 saturated carbocycles. The van der Waals surface area contributed by atoms with Gasteiger partial charge in [0.25, 0.3) is 5.91 Å². The maximum Gasteiger partial charge on any atom is 0.326 e. The number of nitrogens with one attached hydrogen (secondary N) is 1. The first kappa shape index (κ1) is 10.7. The highest BCUT2D eigenvalue weighted by molar-refractivity contribution is 7.12. The quantitative estimate of drug-likeness (QED) is 0.793. The summed E-state index contributed by atoms with van der Waals surface area (Å²) in [6.45, 7) is 1.72. The normalized spacial score (nSPS) is 12.1. The zero-order chi connectivity index (χ0) is 10.6. The summed E-state index contributed by atoms with van der Waals surface area (Å²) >= 11 is 1.29. The van der Waals surface area contributed by atoms with Gasteiger partial charge in [0.2, 0.25) is 0 Å². The number of thiophene rings is 1. The monoisotopic (exact) mass is 213 g/mol. The molecule has 5 heteroatoms. The lowest BCUT2D eigenvalue weighted by molar-refractivity contribution is -0.139. The van der Waals surface area contributed by atoms with Crippen LogP contribution in [0, 0.1) is 0 Å². The predicted octanol–water partition coefficient (Wildman–Crippen LogP) is 1.34. The van der Waals surface area contributed by atoms with Gasteiger partial charge in [0, 0.05) is 0 Å². The molecule has 0 aliphatic heterocycles. The zero-order valence-corrected chi connectivity index (χ0v) is 8.50. The Hall–Kier alpha value is -1.36. The fourth-order valence-electron chi connectivity index (χ4n) is 0.976. The maximum absolute atomic E-state index is 11.4. The van der Waals surface area contributed by atoms with Crippen molar-refractivity contribution < 1.29 is 14.7 Å². The van der Waals surface area contributed by atoms with Gasteiger partial charge in [0.05, 0.1) is 4.88 Å². The van der Waals surface area contributed by atoms with Crippen LogP contribution < -0.4 is 5.32 Å². The lowest BCUT2D eigenvalue weighted by Gasteiger charge is -2.10. The highest BCUT2D eigenvalue weighted by Gasteiger charge is 2.18. The van der Waals surface area contributed by atoms with E-state index in [1.807, 2.05) is 0 Å². The minimum Gasteiger partial charge on any atom is -0.480 e. The summed E-state index contributed by atoms with van der Waals surface area (Å²) in [6, 6.07) is 2.61. The number of hydrogen-bond donors (Lipinski definition) is 2. The molecule has 76 valence electrons. The van der Waals surface area contributed by atoms with Crippen molar-refractivity contribution in [2.24, 2.45) is 0 Å². The fourth-order valence-corrected chi connectivity index (χ4v) is 1.60. The van der Waals surface area contributed by atoms with Crippen LogP contribution in [-0.2, 0) is 4.79 Å². The van der Waals surface area contributed by atoms with E-state index in [4.69, 9.17) is 5.11 Å². The molecule has 1 aromatic rings. The molecule has 1 unspecified atom stereocenters. The van der Waals surface area contributed by atoms with Gasteiger partial charge in [0.15, 0.2) is 0 Å². The lowest BCUT2D eigenvalue weighted by atomic mass is 10.2. The molecular formula is C9H11NO3S. The van der Waals surface area contributed by atoms with Crippen molar-refractivity contribution in [3.8, 4) is 0 Å². The molecular weight excluding hydrogens is 202 g/mol. The number of aliphatic carboxylic acids is 1. The van der Waals surface area contributed by atoms with E-state index in [0.717, 1.165) is 0 Å². The maximum atomic E-state index is 11.4. The van der Waals surface area contributed by atoms with Crippen molar-refractivity contribution in [2.45, 2.75) is 19.4 Å². The molecule has 1 heterocycles. The minimum atomic E-state index is -1.00. The highest BCUT2D eigenvalue weighted by atomic mass is 32.1.